The number of anilines is 1. The molecule has 0 radical (unpaired) electrons. The van der Waals surface area contributed by atoms with Crippen molar-refractivity contribution in [3.05, 3.63) is 40.4 Å². The van der Waals surface area contributed by atoms with Crippen LogP contribution < -0.4 is 5.73 Å². The van der Waals surface area contributed by atoms with E-state index in [2.05, 4.69) is 0 Å². The Hall–Kier alpha value is -2.19. The molecule has 0 unspecified atom stereocenters. The number of nitro benzene ring substituents is 1. The summed E-state index contributed by atoms with van der Waals surface area (Å²) in [6.07, 6.45) is 0. The molecule has 8 heteroatoms. The minimum Gasteiger partial charge on any atom is -0.398 e. The SMILES string of the molecule is Nc1ccc2cc([N+](=O)[O-])ccc2c1S(=O)(=O)O. The second-order valence-electron chi connectivity index (χ2n) is 3.62. The summed E-state index contributed by atoms with van der Waals surface area (Å²) < 4.78 is 31.6. The molecule has 0 fully saturated rings. The summed E-state index contributed by atoms with van der Waals surface area (Å²) in [6.45, 7) is 0. The predicted octanol–water partition coefficient (Wildman–Crippen LogP) is 1.58. The first-order valence-electron chi connectivity index (χ1n) is 4.75. The van der Waals surface area contributed by atoms with Crippen LogP contribution in [-0.2, 0) is 10.1 Å². The van der Waals surface area contributed by atoms with Gasteiger partial charge in [-0.15, -0.1) is 0 Å². The average Bonchev–Trinajstić information content (AvgIpc) is 2.26. The van der Waals surface area contributed by atoms with E-state index >= 15 is 0 Å². The number of fused-ring (bicyclic) bond motifs is 1. The molecular weight excluding hydrogens is 260 g/mol. The van der Waals surface area contributed by atoms with Crippen LogP contribution in [0.1, 0.15) is 0 Å². The third-order valence-electron chi connectivity index (χ3n) is 2.45. The van der Waals surface area contributed by atoms with Gasteiger partial charge < -0.3 is 5.73 Å². The number of nitrogen functional groups attached to an aromatic ring is 1. The Kier molecular flexibility index (Phi) is 2.68. The van der Waals surface area contributed by atoms with E-state index in [9.17, 15) is 18.5 Å². The number of nitrogens with zero attached hydrogens (tertiary/aromatic N) is 1. The zero-order valence-corrected chi connectivity index (χ0v) is 9.72. The number of nitro groups is 1. The van der Waals surface area contributed by atoms with Crippen LogP contribution in [0.25, 0.3) is 10.8 Å². The van der Waals surface area contributed by atoms with E-state index in [0.717, 1.165) is 6.07 Å². The number of hydrogen-bond acceptors (Lipinski definition) is 5. The fraction of sp³-hybridized carbons (Fsp3) is 0. The van der Waals surface area contributed by atoms with Crippen molar-refractivity contribution >= 4 is 32.3 Å². The van der Waals surface area contributed by atoms with E-state index in [0.29, 0.717) is 5.39 Å². The first kappa shape index (κ1) is 12.3. The van der Waals surface area contributed by atoms with Crippen LogP contribution in [0.2, 0.25) is 0 Å². The summed E-state index contributed by atoms with van der Waals surface area (Å²) in [5.74, 6) is 0. The van der Waals surface area contributed by atoms with Crippen LogP contribution in [0.3, 0.4) is 0 Å². The lowest BCUT2D eigenvalue weighted by molar-refractivity contribution is -0.384. The van der Waals surface area contributed by atoms with Gasteiger partial charge in [-0.05, 0) is 17.5 Å². The van der Waals surface area contributed by atoms with Crippen molar-refractivity contribution in [2.75, 3.05) is 5.73 Å². The van der Waals surface area contributed by atoms with Gasteiger partial charge in [-0.2, -0.15) is 8.42 Å². The van der Waals surface area contributed by atoms with Gasteiger partial charge in [-0.25, -0.2) is 0 Å². The third kappa shape index (κ3) is 1.98. The summed E-state index contributed by atoms with van der Waals surface area (Å²) in [7, 11) is -4.49. The molecule has 2 aromatic rings. The van der Waals surface area contributed by atoms with Crippen molar-refractivity contribution in [2.24, 2.45) is 0 Å². The molecule has 2 rings (SSSR count). The Bertz CT molecular complexity index is 754. The largest absolute Gasteiger partial charge is 0.398 e. The number of rotatable bonds is 2. The van der Waals surface area contributed by atoms with E-state index < -0.39 is 19.9 Å². The normalized spacial score (nSPS) is 11.6. The van der Waals surface area contributed by atoms with Gasteiger partial charge in [0.1, 0.15) is 4.90 Å². The van der Waals surface area contributed by atoms with Crippen molar-refractivity contribution in [1.29, 1.82) is 0 Å². The third-order valence-corrected chi connectivity index (χ3v) is 3.42. The minimum absolute atomic E-state index is 0.112. The summed E-state index contributed by atoms with van der Waals surface area (Å²) >= 11 is 0. The second-order valence-corrected chi connectivity index (χ2v) is 4.98. The lowest BCUT2D eigenvalue weighted by atomic mass is 10.1. The number of nitrogens with two attached hydrogens (primary N) is 1. The standard InChI is InChI=1S/C10H8N2O5S/c11-9-4-1-6-5-7(12(13)14)2-3-8(6)10(9)18(15,16)17/h1-5H,11H2,(H,15,16,17). The van der Waals surface area contributed by atoms with Crippen LogP contribution in [0.5, 0.6) is 0 Å². The predicted molar refractivity (Wildman–Crippen MR) is 64.8 cm³/mol. The van der Waals surface area contributed by atoms with Gasteiger partial charge in [0.2, 0.25) is 0 Å². The Balaban J connectivity index is 2.88. The topological polar surface area (TPSA) is 124 Å². The highest BCUT2D eigenvalue weighted by molar-refractivity contribution is 7.86. The molecule has 2 aromatic carbocycles. The van der Waals surface area contributed by atoms with Crippen molar-refractivity contribution in [3.63, 3.8) is 0 Å². The molecule has 0 bridgehead atoms. The molecule has 0 saturated carbocycles. The van der Waals surface area contributed by atoms with Crippen LogP contribution >= 0.6 is 0 Å². The van der Waals surface area contributed by atoms with E-state index in [1.54, 1.807) is 0 Å². The quantitative estimate of drug-likeness (QED) is 0.369. The van der Waals surface area contributed by atoms with Crippen molar-refractivity contribution in [1.82, 2.24) is 0 Å². The van der Waals surface area contributed by atoms with E-state index in [1.165, 1.54) is 24.3 Å². The summed E-state index contributed by atoms with van der Waals surface area (Å²) in [5, 5.41) is 11.1. The maximum atomic E-state index is 11.2. The Labute approximate surface area is 102 Å². The molecule has 94 valence electrons. The number of hydrogen-bond donors (Lipinski definition) is 2. The number of non-ortho nitro benzene ring substituents is 1. The van der Waals surface area contributed by atoms with Gasteiger partial charge in [0.05, 0.1) is 10.6 Å². The molecule has 0 spiro atoms. The highest BCUT2D eigenvalue weighted by atomic mass is 32.2. The lowest BCUT2D eigenvalue weighted by Crippen LogP contribution is -2.04. The maximum Gasteiger partial charge on any atom is 0.297 e. The Morgan fingerprint density at radius 2 is 1.89 bits per heavy atom. The second kappa shape index (κ2) is 3.93. The van der Waals surface area contributed by atoms with Gasteiger partial charge in [0, 0.05) is 17.5 Å². The van der Waals surface area contributed by atoms with Crippen LogP contribution in [0.4, 0.5) is 11.4 Å². The highest BCUT2D eigenvalue weighted by Crippen LogP contribution is 2.30. The first-order valence-corrected chi connectivity index (χ1v) is 6.19. The molecule has 0 saturated heterocycles. The zero-order valence-electron chi connectivity index (χ0n) is 8.90. The molecule has 0 aliphatic carbocycles. The molecule has 0 amide bonds. The monoisotopic (exact) mass is 268 g/mol. The Morgan fingerprint density at radius 3 is 2.44 bits per heavy atom. The van der Waals surface area contributed by atoms with E-state index in [1.807, 2.05) is 0 Å². The van der Waals surface area contributed by atoms with Gasteiger partial charge >= 0.3 is 0 Å². The van der Waals surface area contributed by atoms with Crippen LogP contribution in [-0.4, -0.2) is 17.9 Å². The van der Waals surface area contributed by atoms with Gasteiger partial charge in [-0.3, -0.25) is 14.7 Å². The summed E-state index contributed by atoms with van der Waals surface area (Å²) in [4.78, 5) is 9.58. The lowest BCUT2D eigenvalue weighted by Gasteiger charge is -2.06. The smallest absolute Gasteiger partial charge is 0.297 e. The van der Waals surface area contributed by atoms with E-state index in [4.69, 9.17) is 10.3 Å². The van der Waals surface area contributed by atoms with Crippen molar-refractivity contribution < 1.29 is 17.9 Å². The number of benzene rings is 2. The van der Waals surface area contributed by atoms with Gasteiger partial charge in [-0.1, -0.05) is 6.07 Å². The Morgan fingerprint density at radius 1 is 1.22 bits per heavy atom. The molecule has 0 atom stereocenters. The molecular formula is C10H8N2O5S. The molecule has 18 heavy (non-hydrogen) atoms. The molecule has 0 heterocycles. The van der Waals surface area contributed by atoms with Crippen LogP contribution in [0, 0.1) is 10.1 Å². The highest BCUT2D eigenvalue weighted by Gasteiger charge is 2.19. The van der Waals surface area contributed by atoms with Gasteiger partial charge in [0.25, 0.3) is 15.8 Å². The summed E-state index contributed by atoms with van der Waals surface area (Å²) in [6, 6.07) is 6.33. The zero-order chi connectivity index (χ0) is 13.5. The fourth-order valence-corrected chi connectivity index (χ4v) is 2.54. The molecule has 0 aliphatic heterocycles. The maximum absolute atomic E-state index is 11.2. The minimum atomic E-state index is -4.49. The van der Waals surface area contributed by atoms with Crippen molar-refractivity contribution in [3.8, 4) is 0 Å². The van der Waals surface area contributed by atoms with Crippen LogP contribution in [0.15, 0.2) is 35.2 Å². The van der Waals surface area contributed by atoms with Crippen molar-refractivity contribution in [2.45, 2.75) is 4.90 Å². The molecule has 7 nitrogen and oxygen atoms in total. The molecule has 0 aromatic heterocycles. The average molecular weight is 268 g/mol. The fourth-order valence-electron chi connectivity index (χ4n) is 1.71. The van der Waals surface area contributed by atoms with E-state index in [-0.39, 0.29) is 16.8 Å². The molecule has 0 aliphatic rings. The van der Waals surface area contributed by atoms with Gasteiger partial charge in [0.15, 0.2) is 0 Å². The molecule has 3 N–H and O–H groups in total. The summed E-state index contributed by atoms with van der Waals surface area (Å²) in [5.41, 5.74) is 5.21. The first-order chi connectivity index (χ1) is 8.30.